The van der Waals surface area contributed by atoms with Gasteiger partial charge in [-0.1, -0.05) is 25.5 Å². The lowest BCUT2D eigenvalue weighted by molar-refractivity contribution is 0.475. The first-order chi connectivity index (χ1) is 8.31. The van der Waals surface area contributed by atoms with Gasteiger partial charge in [0, 0.05) is 15.8 Å². The third-order valence-electron chi connectivity index (χ3n) is 2.83. The molecule has 0 spiro atoms. The van der Waals surface area contributed by atoms with E-state index < -0.39 is 0 Å². The molecule has 1 unspecified atom stereocenters. The van der Waals surface area contributed by atoms with Crippen LogP contribution in [0.15, 0.2) is 35.0 Å². The van der Waals surface area contributed by atoms with E-state index in [0.29, 0.717) is 12.1 Å². The maximum absolute atomic E-state index is 3.74. The van der Waals surface area contributed by atoms with Gasteiger partial charge in [-0.3, -0.25) is 0 Å². The summed E-state index contributed by atoms with van der Waals surface area (Å²) in [5, 5.41) is 8.05. The summed E-state index contributed by atoms with van der Waals surface area (Å²) in [4.78, 5) is 2.82. The molecular weight excluding hydrogens is 246 g/mol. The van der Waals surface area contributed by atoms with Gasteiger partial charge in [-0.2, -0.15) is 0 Å². The Labute approximate surface area is 112 Å². The molecule has 1 atom stereocenters. The van der Waals surface area contributed by atoms with Gasteiger partial charge in [0.05, 0.1) is 6.04 Å². The van der Waals surface area contributed by atoms with Crippen molar-refractivity contribution >= 4 is 22.7 Å². The molecule has 0 aliphatic heterocycles. The highest BCUT2D eigenvalue weighted by atomic mass is 32.1. The maximum atomic E-state index is 3.74. The molecule has 0 aliphatic carbocycles. The summed E-state index contributed by atoms with van der Waals surface area (Å²) >= 11 is 3.67. The lowest BCUT2D eigenvalue weighted by atomic mass is 10.1. The average Bonchev–Trinajstić information content (AvgIpc) is 3.00. The molecule has 0 aliphatic rings. The van der Waals surface area contributed by atoms with Gasteiger partial charge in [0.25, 0.3) is 0 Å². The van der Waals surface area contributed by atoms with E-state index in [4.69, 9.17) is 0 Å². The fourth-order valence-electron chi connectivity index (χ4n) is 2.02. The van der Waals surface area contributed by atoms with E-state index in [9.17, 15) is 0 Å². The van der Waals surface area contributed by atoms with Crippen molar-refractivity contribution in [3.05, 3.63) is 44.8 Å². The summed E-state index contributed by atoms with van der Waals surface area (Å²) in [6.07, 6.45) is 2.46. The van der Waals surface area contributed by atoms with Gasteiger partial charge in [0.1, 0.15) is 0 Å². The topological polar surface area (TPSA) is 12.0 Å². The quantitative estimate of drug-likeness (QED) is 0.800. The van der Waals surface area contributed by atoms with Crippen LogP contribution in [0, 0.1) is 0 Å². The van der Waals surface area contributed by atoms with Crippen molar-refractivity contribution in [1.82, 2.24) is 5.32 Å². The molecular formula is C14H19NS2. The minimum absolute atomic E-state index is 0.372. The van der Waals surface area contributed by atoms with Crippen molar-refractivity contribution in [2.75, 3.05) is 0 Å². The Morgan fingerprint density at radius 3 is 2.12 bits per heavy atom. The molecule has 2 rings (SSSR count). The Morgan fingerprint density at radius 1 is 1.12 bits per heavy atom. The summed E-state index contributed by atoms with van der Waals surface area (Å²) in [5.41, 5.74) is 0. The van der Waals surface area contributed by atoms with Gasteiger partial charge < -0.3 is 5.32 Å². The minimum Gasteiger partial charge on any atom is -0.302 e. The van der Waals surface area contributed by atoms with Gasteiger partial charge >= 0.3 is 0 Å². The van der Waals surface area contributed by atoms with Crippen LogP contribution in [0.4, 0.5) is 0 Å². The van der Waals surface area contributed by atoms with Crippen LogP contribution in [-0.4, -0.2) is 6.04 Å². The molecule has 2 aromatic heterocycles. The van der Waals surface area contributed by atoms with Gasteiger partial charge in [0.2, 0.25) is 0 Å². The Bertz CT molecular complexity index is 371. The average molecular weight is 265 g/mol. The molecule has 1 nitrogen and oxygen atoms in total. The highest BCUT2D eigenvalue weighted by molar-refractivity contribution is 7.11. The fourth-order valence-corrected chi connectivity index (χ4v) is 3.70. The van der Waals surface area contributed by atoms with Crippen LogP contribution in [0.1, 0.15) is 42.5 Å². The van der Waals surface area contributed by atoms with E-state index in [0.717, 1.165) is 0 Å². The summed E-state index contributed by atoms with van der Waals surface area (Å²) in [7, 11) is 0. The molecule has 1 N–H and O–H groups in total. The summed E-state index contributed by atoms with van der Waals surface area (Å²) < 4.78 is 0. The van der Waals surface area contributed by atoms with E-state index in [-0.39, 0.29) is 0 Å². The molecule has 0 bridgehead atoms. The van der Waals surface area contributed by atoms with E-state index in [1.165, 1.54) is 22.6 Å². The number of rotatable bonds is 6. The largest absolute Gasteiger partial charge is 0.302 e. The van der Waals surface area contributed by atoms with E-state index in [1.807, 2.05) is 22.7 Å². The van der Waals surface area contributed by atoms with Crippen molar-refractivity contribution in [3.63, 3.8) is 0 Å². The maximum Gasteiger partial charge on any atom is 0.0766 e. The molecule has 0 aromatic carbocycles. The summed E-state index contributed by atoms with van der Waals surface area (Å²) in [6, 6.07) is 9.65. The Hall–Kier alpha value is -0.640. The van der Waals surface area contributed by atoms with Crippen molar-refractivity contribution in [1.29, 1.82) is 0 Å². The molecule has 0 saturated heterocycles. The monoisotopic (exact) mass is 265 g/mol. The second-order valence-corrected chi connectivity index (χ2v) is 6.28. The van der Waals surface area contributed by atoms with Crippen LogP contribution < -0.4 is 5.32 Å². The Balaban J connectivity index is 2.14. The first-order valence-electron chi connectivity index (χ1n) is 6.14. The molecule has 2 aromatic rings. The fraction of sp³-hybridized carbons (Fsp3) is 0.429. The Kier molecular flexibility index (Phi) is 4.77. The van der Waals surface area contributed by atoms with E-state index in [1.54, 1.807) is 0 Å². The number of hydrogen-bond donors (Lipinski definition) is 1. The zero-order valence-corrected chi connectivity index (χ0v) is 12.0. The standard InChI is InChI=1S/C14H19NS2/c1-3-6-11(2)15-14(12-7-4-9-16-12)13-8-5-10-17-13/h4-5,7-11,14-15H,3,6H2,1-2H3. The lowest BCUT2D eigenvalue weighted by Gasteiger charge is -2.21. The number of hydrogen-bond acceptors (Lipinski definition) is 3. The van der Waals surface area contributed by atoms with Crippen LogP contribution in [0.2, 0.25) is 0 Å². The summed E-state index contributed by atoms with van der Waals surface area (Å²) in [5.74, 6) is 0. The highest BCUT2D eigenvalue weighted by Gasteiger charge is 2.17. The third kappa shape index (κ3) is 3.41. The molecule has 0 fully saturated rings. The molecule has 92 valence electrons. The first-order valence-corrected chi connectivity index (χ1v) is 7.90. The van der Waals surface area contributed by atoms with Crippen molar-refractivity contribution < 1.29 is 0 Å². The molecule has 17 heavy (non-hydrogen) atoms. The lowest BCUT2D eigenvalue weighted by Crippen LogP contribution is -2.30. The van der Waals surface area contributed by atoms with Crippen LogP contribution in [0.5, 0.6) is 0 Å². The number of nitrogens with one attached hydrogen (secondary N) is 1. The predicted molar refractivity (Wildman–Crippen MR) is 78.0 cm³/mol. The zero-order valence-electron chi connectivity index (χ0n) is 10.3. The van der Waals surface area contributed by atoms with Crippen LogP contribution in [-0.2, 0) is 0 Å². The van der Waals surface area contributed by atoms with E-state index in [2.05, 4.69) is 54.2 Å². The first kappa shape index (κ1) is 12.8. The van der Waals surface area contributed by atoms with Crippen LogP contribution >= 0.6 is 22.7 Å². The molecule has 0 saturated carbocycles. The molecule has 0 radical (unpaired) electrons. The van der Waals surface area contributed by atoms with Crippen LogP contribution in [0.3, 0.4) is 0 Å². The van der Waals surface area contributed by atoms with Crippen molar-refractivity contribution in [3.8, 4) is 0 Å². The normalized spacial score (nSPS) is 13.1. The van der Waals surface area contributed by atoms with Crippen LogP contribution in [0.25, 0.3) is 0 Å². The van der Waals surface area contributed by atoms with E-state index >= 15 is 0 Å². The number of thiophene rings is 2. The van der Waals surface area contributed by atoms with Gasteiger partial charge in [-0.25, -0.2) is 0 Å². The zero-order chi connectivity index (χ0) is 12.1. The SMILES string of the molecule is CCCC(C)NC(c1cccs1)c1cccs1. The molecule has 3 heteroatoms. The molecule has 2 heterocycles. The Morgan fingerprint density at radius 2 is 1.71 bits per heavy atom. The predicted octanol–water partition coefficient (Wildman–Crippen LogP) is 4.68. The van der Waals surface area contributed by atoms with Crippen molar-refractivity contribution in [2.45, 2.75) is 38.8 Å². The second-order valence-electron chi connectivity index (χ2n) is 4.32. The highest BCUT2D eigenvalue weighted by Crippen LogP contribution is 2.29. The van der Waals surface area contributed by atoms with Crippen molar-refractivity contribution in [2.24, 2.45) is 0 Å². The smallest absolute Gasteiger partial charge is 0.0766 e. The third-order valence-corrected chi connectivity index (χ3v) is 4.70. The molecule has 0 amide bonds. The minimum atomic E-state index is 0.372. The summed E-state index contributed by atoms with van der Waals surface area (Å²) in [6.45, 7) is 4.52. The second kappa shape index (κ2) is 6.34. The van der Waals surface area contributed by atoms with Gasteiger partial charge in [-0.15, -0.1) is 22.7 Å². The van der Waals surface area contributed by atoms with Gasteiger partial charge in [-0.05, 0) is 36.2 Å². The van der Waals surface area contributed by atoms with Gasteiger partial charge in [0.15, 0.2) is 0 Å².